The maximum absolute atomic E-state index is 13.0. The van der Waals surface area contributed by atoms with Gasteiger partial charge in [-0.1, -0.05) is 30.2 Å². The summed E-state index contributed by atoms with van der Waals surface area (Å²) in [5, 5.41) is 9.37. The fraction of sp³-hybridized carbons (Fsp3) is 0.333. The van der Waals surface area contributed by atoms with E-state index in [0.29, 0.717) is 22.4 Å². The van der Waals surface area contributed by atoms with Crippen LogP contribution in [-0.2, 0) is 10.2 Å². The number of nitrogens with one attached hydrogen (secondary N) is 3. The van der Waals surface area contributed by atoms with Crippen molar-refractivity contribution in [2.45, 2.75) is 43.6 Å². The molecule has 0 saturated heterocycles. The molecule has 2 aromatic rings. The fourth-order valence-electron chi connectivity index (χ4n) is 3.41. The minimum absolute atomic E-state index is 0.00302. The minimum Gasteiger partial charge on any atom is -0.335 e. The Hall–Kier alpha value is -2.53. The molecular formula is C21H22ClN3O2. The summed E-state index contributed by atoms with van der Waals surface area (Å²) in [4.78, 5) is 24.8. The smallest absolute Gasteiger partial charge is 0.319 e. The van der Waals surface area contributed by atoms with E-state index in [2.05, 4.69) is 16.0 Å². The van der Waals surface area contributed by atoms with Crippen molar-refractivity contribution in [1.82, 2.24) is 5.32 Å². The molecule has 2 aromatic carbocycles. The van der Waals surface area contributed by atoms with Crippen molar-refractivity contribution >= 4 is 34.9 Å². The van der Waals surface area contributed by atoms with Crippen LogP contribution in [-0.4, -0.2) is 18.0 Å². The van der Waals surface area contributed by atoms with E-state index in [9.17, 15) is 9.59 Å². The summed E-state index contributed by atoms with van der Waals surface area (Å²) < 4.78 is 0. The summed E-state index contributed by atoms with van der Waals surface area (Å²) in [5.74, 6) is 0.00302. The van der Waals surface area contributed by atoms with Gasteiger partial charge in [-0.3, -0.25) is 4.79 Å². The van der Waals surface area contributed by atoms with Crippen LogP contribution in [0.2, 0.25) is 5.02 Å². The van der Waals surface area contributed by atoms with Crippen molar-refractivity contribution < 1.29 is 9.59 Å². The number of carbonyl (C=O) groups is 2. The zero-order valence-corrected chi connectivity index (χ0v) is 15.7. The normalized spacial score (nSPS) is 17.5. The molecule has 5 nitrogen and oxygen atoms in total. The summed E-state index contributed by atoms with van der Waals surface area (Å²) in [6, 6.07) is 14.8. The number of halogens is 1. The summed E-state index contributed by atoms with van der Waals surface area (Å²) >= 11 is 5.98. The Kier molecular flexibility index (Phi) is 4.79. The van der Waals surface area contributed by atoms with Gasteiger partial charge in [0.1, 0.15) is 0 Å². The van der Waals surface area contributed by atoms with Crippen LogP contribution in [0.1, 0.15) is 37.7 Å². The quantitative estimate of drug-likeness (QED) is 0.701. The molecule has 6 heteroatoms. The second kappa shape index (κ2) is 7.24. The summed E-state index contributed by atoms with van der Waals surface area (Å²) in [6.45, 7) is 0. The lowest BCUT2D eigenvalue weighted by Crippen LogP contribution is -2.45. The molecule has 140 valence electrons. The monoisotopic (exact) mass is 383 g/mol. The van der Waals surface area contributed by atoms with Crippen molar-refractivity contribution in [2.24, 2.45) is 0 Å². The van der Waals surface area contributed by atoms with Gasteiger partial charge in [0, 0.05) is 22.4 Å². The zero-order chi connectivity index (χ0) is 18.9. The number of hydrogen-bond acceptors (Lipinski definition) is 2. The van der Waals surface area contributed by atoms with Gasteiger partial charge in [-0.15, -0.1) is 0 Å². The molecule has 0 spiro atoms. The first-order valence-electron chi connectivity index (χ1n) is 9.30. The number of urea groups is 1. The molecular weight excluding hydrogens is 362 g/mol. The van der Waals surface area contributed by atoms with Gasteiger partial charge in [0.05, 0.1) is 5.41 Å². The van der Waals surface area contributed by atoms with Crippen molar-refractivity contribution in [3.05, 3.63) is 59.1 Å². The lowest BCUT2D eigenvalue weighted by atomic mass is 9.64. The largest absolute Gasteiger partial charge is 0.335 e. The third kappa shape index (κ3) is 3.93. The number of amides is 3. The molecule has 0 bridgehead atoms. The first kappa shape index (κ1) is 17.9. The van der Waals surface area contributed by atoms with Crippen molar-refractivity contribution in [2.75, 3.05) is 10.6 Å². The van der Waals surface area contributed by atoms with E-state index in [1.807, 2.05) is 24.3 Å². The molecule has 0 atom stereocenters. The molecule has 0 aliphatic heterocycles. The molecule has 0 unspecified atom stereocenters. The molecule has 4 rings (SSSR count). The van der Waals surface area contributed by atoms with Crippen LogP contribution < -0.4 is 16.0 Å². The summed E-state index contributed by atoms with van der Waals surface area (Å²) in [5.41, 5.74) is 1.94. The molecule has 3 N–H and O–H groups in total. The molecule has 2 fully saturated rings. The third-order valence-electron chi connectivity index (χ3n) is 5.35. The molecule has 2 aliphatic rings. The Labute approximate surface area is 163 Å². The van der Waals surface area contributed by atoms with E-state index in [1.54, 1.807) is 24.3 Å². The van der Waals surface area contributed by atoms with Crippen molar-refractivity contribution in [1.29, 1.82) is 0 Å². The van der Waals surface area contributed by atoms with Gasteiger partial charge in [0.2, 0.25) is 5.91 Å². The molecule has 0 aromatic heterocycles. The average Bonchev–Trinajstić information content (AvgIpc) is 3.41. The highest BCUT2D eigenvalue weighted by Crippen LogP contribution is 2.44. The summed E-state index contributed by atoms with van der Waals surface area (Å²) in [7, 11) is 0. The van der Waals surface area contributed by atoms with Crippen LogP contribution in [0.5, 0.6) is 0 Å². The van der Waals surface area contributed by atoms with E-state index in [-0.39, 0.29) is 11.9 Å². The Bertz CT molecular complexity index is 841. The second-order valence-corrected chi connectivity index (χ2v) is 7.78. The van der Waals surface area contributed by atoms with E-state index < -0.39 is 5.41 Å². The summed E-state index contributed by atoms with van der Waals surface area (Å²) in [6.07, 6.45) is 4.80. The van der Waals surface area contributed by atoms with Gasteiger partial charge < -0.3 is 16.0 Å². The Balaban J connectivity index is 1.41. The molecule has 0 radical (unpaired) electrons. The minimum atomic E-state index is -0.480. The van der Waals surface area contributed by atoms with Gasteiger partial charge >= 0.3 is 6.03 Å². The van der Waals surface area contributed by atoms with Crippen LogP contribution in [0, 0.1) is 0 Å². The first-order valence-corrected chi connectivity index (χ1v) is 9.68. The highest BCUT2D eigenvalue weighted by atomic mass is 35.5. The van der Waals surface area contributed by atoms with Crippen LogP contribution in [0.15, 0.2) is 48.5 Å². The predicted octanol–water partition coefficient (Wildman–Crippen LogP) is 4.68. The second-order valence-electron chi connectivity index (χ2n) is 7.35. The van der Waals surface area contributed by atoms with E-state index in [0.717, 1.165) is 37.7 Å². The number of hydrogen-bond donors (Lipinski definition) is 3. The van der Waals surface area contributed by atoms with Crippen LogP contribution in [0.3, 0.4) is 0 Å². The van der Waals surface area contributed by atoms with E-state index in [1.165, 1.54) is 0 Å². The number of anilines is 2. The molecule has 0 heterocycles. The maximum atomic E-state index is 13.0. The van der Waals surface area contributed by atoms with Crippen molar-refractivity contribution in [3.63, 3.8) is 0 Å². The third-order valence-corrected chi connectivity index (χ3v) is 5.60. The Morgan fingerprint density at radius 2 is 1.48 bits per heavy atom. The fourth-order valence-corrected chi connectivity index (χ4v) is 3.54. The highest BCUT2D eigenvalue weighted by molar-refractivity contribution is 6.30. The van der Waals surface area contributed by atoms with Gasteiger partial charge in [-0.2, -0.15) is 0 Å². The molecule has 27 heavy (non-hydrogen) atoms. The highest BCUT2D eigenvalue weighted by Gasteiger charge is 2.45. The van der Waals surface area contributed by atoms with Crippen LogP contribution in [0.4, 0.5) is 16.2 Å². The van der Waals surface area contributed by atoms with Gasteiger partial charge in [0.25, 0.3) is 0 Å². The van der Waals surface area contributed by atoms with Gasteiger partial charge in [-0.05, 0) is 67.6 Å². The number of rotatable bonds is 5. The molecule has 3 amide bonds. The molecule has 2 aliphatic carbocycles. The maximum Gasteiger partial charge on any atom is 0.319 e. The van der Waals surface area contributed by atoms with Crippen LogP contribution in [0.25, 0.3) is 0 Å². The first-order chi connectivity index (χ1) is 13.0. The van der Waals surface area contributed by atoms with E-state index >= 15 is 0 Å². The van der Waals surface area contributed by atoms with E-state index in [4.69, 9.17) is 11.6 Å². The van der Waals surface area contributed by atoms with Crippen molar-refractivity contribution in [3.8, 4) is 0 Å². The topological polar surface area (TPSA) is 70.2 Å². The number of benzene rings is 2. The lowest BCUT2D eigenvalue weighted by Gasteiger charge is -2.40. The van der Waals surface area contributed by atoms with Crippen LogP contribution >= 0.6 is 11.6 Å². The Morgan fingerprint density at radius 1 is 0.889 bits per heavy atom. The standard InChI is InChI=1S/C21H22ClN3O2/c22-15-4-2-14(3-5-15)21(12-1-13-21)19(26)23-16-6-8-17(9-7-16)24-20(27)25-18-10-11-18/h2-9,18H,1,10-13H2,(H,23,26)(H2,24,25,27). The van der Waals surface area contributed by atoms with Gasteiger partial charge in [0.15, 0.2) is 0 Å². The SMILES string of the molecule is O=C(Nc1ccc(NC(=O)C2(c3ccc(Cl)cc3)CCC2)cc1)NC1CC1. The average molecular weight is 384 g/mol. The zero-order valence-electron chi connectivity index (χ0n) is 14.9. The molecule has 2 saturated carbocycles. The Morgan fingerprint density at radius 3 is 2.00 bits per heavy atom. The lowest BCUT2D eigenvalue weighted by molar-refractivity contribution is -0.124. The predicted molar refractivity (Wildman–Crippen MR) is 107 cm³/mol. The number of carbonyl (C=O) groups excluding carboxylic acids is 2. The van der Waals surface area contributed by atoms with Gasteiger partial charge in [-0.25, -0.2) is 4.79 Å².